The third-order valence-electron chi connectivity index (χ3n) is 4.07. The van der Waals surface area contributed by atoms with Gasteiger partial charge in [-0.2, -0.15) is 0 Å². The maximum Gasteiger partial charge on any atom is 0.321 e. The van der Waals surface area contributed by atoms with Crippen LogP contribution in [0.3, 0.4) is 0 Å². The zero-order chi connectivity index (χ0) is 17.6. The molecule has 2 unspecified atom stereocenters. The Kier molecular flexibility index (Phi) is 5.83. The number of benzene rings is 2. The number of carboxylic acid groups (broad SMARTS) is 1. The molecule has 0 spiro atoms. The predicted molar refractivity (Wildman–Crippen MR) is 98.4 cm³/mol. The second-order valence-corrected chi connectivity index (χ2v) is 6.90. The van der Waals surface area contributed by atoms with Gasteiger partial charge in [0.1, 0.15) is 17.5 Å². The summed E-state index contributed by atoms with van der Waals surface area (Å²) in [6.07, 6.45) is 0.806. The minimum Gasteiger partial charge on any atom is -0.497 e. The number of rotatable bonds is 7. The van der Waals surface area contributed by atoms with Gasteiger partial charge < -0.3 is 14.6 Å². The molecule has 0 aromatic heterocycles. The molecule has 5 nitrogen and oxygen atoms in total. The fraction of sp³-hybridized carbons (Fsp3) is 0.316. The van der Waals surface area contributed by atoms with Crippen LogP contribution in [0.5, 0.6) is 11.5 Å². The molecule has 3 rings (SSSR count). The fourth-order valence-corrected chi connectivity index (χ4v) is 3.96. The minimum atomic E-state index is -0.824. The summed E-state index contributed by atoms with van der Waals surface area (Å²) < 4.78 is 11.3. The molecule has 1 fully saturated rings. The van der Waals surface area contributed by atoms with Crippen molar-refractivity contribution in [3.8, 4) is 11.5 Å². The van der Waals surface area contributed by atoms with Crippen LogP contribution in [-0.4, -0.2) is 36.6 Å². The van der Waals surface area contributed by atoms with Crippen LogP contribution in [0.1, 0.15) is 16.5 Å². The Bertz CT molecular complexity index is 723. The van der Waals surface area contributed by atoms with Crippen LogP contribution in [0.25, 0.3) is 0 Å². The summed E-state index contributed by atoms with van der Waals surface area (Å²) in [7, 11) is 1.62. The van der Waals surface area contributed by atoms with E-state index in [0.29, 0.717) is 12.4 Å². The number of nitrogens with one attached hydrogen (secondary N) is 1. The van der Waals surface area contributed by atoms with Crippen molar-refractivity contribution in [2.75, 3.05) is 19.5 Å². The zero-order valence-corrected chi connectivity index (χ0v) is 14.8. The molecule has 0 aliphatic carbocycles. The molecule has 2 N–H and O–H groups in total. The second-order valence-electron chi connectivity index (χ2n) is 5.76. The van der Waals surface area contributed by atoms with Gasteiger partial charge in [0.05, 0.1) is 19.1 Å². The number of carboxylic acids is 1. The number of ether oxygens (including phenoxy) is 2. The lowest BCUT2D eigenvalue weighted by Crippen LogP contribution is -2.33. The van der Waals surface area contributed by atoms with Gasteiger partial charge in [-0.3, -0.25) is 10.1 Å². The average Bonchev–Trinajstić information content (AvgIpc) is 3.13. The lowest BCUT2D eigenvalue weighted by molar-refractivity contribution is -0.138. The van der Waals surface area contributed by atoms with Crippen molar-refractivity contribution in [1.29, 1.82) is 0 Å². The fourth-order valence-electron chi connectivity index (χ4n) is 2.70. The Morgan fingerprint density at radius 2 is 2.08 bits per heavy atom. The molecule has 25 heavy (non-hydrogen) atoms. The molecule has 6 heteroatoms. The maximum absolute atomic E-state index is 11.2. The van der Waals surface area contributed by atoms with Crippen molar-refractivity contribution in [1.82, 2.24) is 5.32 Å². The molecule has 1 aliphatic rings. The van der Waals surface area contributed by atoms with Crippen LogP contribution >= 0.6 is 11.8 Å². The van der Waals surface area contributed by atoms with Crippen molar-refractivity contribution in [3.63, 3.8) is 0 Å². The van der Waals surface area contributed by atoms with Crippen LogP contribution < -0.4 is 14.8 Å². The molecule has 1 heterocycles. The predicted octanol–water partition coefficient (Wildman–Crippen LogP) is 3.10. The van der Waals surface area contributed by atoms with Crippen LogP contribution in [0, 0.1) is 0 Å². The minimum absolute atomic E-state index is 0.0984. The Hall–Kier alpha value is -2.18. The highest BCUT2D eigenvalue weighted by atomic mass is 32.2. The van der Waals surface area contributed by atoms with Gasteiger partial charge in [-0.05, 0) is 17.7 Å². The Morgan fingerprint density at radius 3 is 2.76 bits per heavy atom. The largest absolute Gasteiger partial charge is 0.497 e. The molecule has 0 bridgehead atoms. The molecule has 1 aliphatic heterocycles. The van der Waals surface area contributed by atoms with Gasteiger partial charge in [-0.15, -0.1) is 11.8 Å². The first-order valence-corrected chi connectivity index (χ1v) is 9.17. The lowest BCUT2D eigenvalue weighted by atomic mass is 10.1. The van der Waals surface area contributed by atoms with Gasteiger partial charge in [-0.1, -0.05) is 30.3 Å². The number of aliphatic carboxylic acids is 1. The maximum atomic E-state index is 11.2. The number of methoxy groups -OCH3 is 1. The van der Waals surface area contributed by atoms with Crippen molar-refractivity contribution in [2.45, 2.75) is 17.8 Å². The summed E-state index contributed by atoms with van der Waals surface area (Å²) in [6, 6.07) is 15.3. The van der Waals surface area contributed by atoms with Gasteiger partial charge in [0.2, 0.25) is 0 Å². The second kappa shape index (κ2) is 8.27. The SMILES string of the molecule is COc1ccc(C2NC(C(=O)O)CS2)c(OCCc2ccccc2)c1. The van der Waals surface area contributed by atoms with Crippen molar-refractivity contribution in [2.24, 2.45) is 0 Å². The van der Waals surface area contributed by atoms with E-state index in [4.69, 9.17) is 14.6 Å². The topological polar surface area (TPSA) is 67.8 Å². The molecule has 2 aromatic carbocycles. The first kappa shape index (κ1) is 17.6. The lowest BCUT2D eigenvalue weighted by Gasteiger charge is -2.18. The highest BCUT2D eigenvalue weighted by molar-refractivity contribution is 7.99. The molecular formula is C19H21NO4S. The van der Waals surface area contributed by atoms with E-state index in [1.54, 1.807) is 18.9 Å². The smallest absolute Gasteiger partial charge is 0.321 e. The van der Waals surface area contributed by atoms with Crippen LogP contribution in [-0.2, 0) is 11.2 Å². The van der Waals surface area contributed by atoms with Gasteiger partial charge in [-0.25, -0.2) is 0 Å². The van der Waals surface area contributed by atoms with Crippen molar-refractivity contribution < 1.29 is 19.4 Å². The summed E-state index contributed by atoms with van der Waals surface area (Å²) in [4.78, 5) is 11.2. The Morgan fingerprint density at radius 1 is 1.28 bits per heavy atom. The number of carbonyl (C=O) groups is 1. The van der Waals surface area contributed by atoms with Crippen LogP contribution in [0.15, 0.2) is 48.5 Å². The third kappa shape index (κ3) is 4.46. The highest BCUT2D eigenvalue weighted by Gasteiger charge is 2.32. The number of hydrogen-bond acceptors (Lipinski definition) is 5. The first-order valence-electron chi connectivity index (χ1n) is 8.12. The number of thioether (sulfide) groups is 1. The van der Waals surface area contributed by atoms with Gasteiger partial charge in [0.25, 0.3) is 0 Å². The molecule has 2 atom stereocenters. The Balaban J connectivity index is 1.71. The van der Waals surface area contributed by atoms with E-state index in [-0.39, 0.29) is 5.37 Å². The summed E-state index contributed by atoms with van der Waals surface area (Å²) in [5.74, 6) is 1.16. The van der Waals surface area contributed by atoms with E-state index in [2.05, 4.69) is 17.4 Å². The normalized spacial score (nSPS) is 19.6. The first-order chi connectivity index (χ1) is 12.2. The van der Waals surface area contributed by atoms with E-state index in [1.165, 1.54) is 5.56 Å². The van der Waals surface area contributed by atoms with Gasteiger partial charge in [0, 0.05) is 23.8 Å². The van der Waals surface area contributed by atoms with Crippen LogP contribution in [0.2, 0.25) is 0 Å². The molecular weight excluding hydrogens is 338 g/mol. The van der Waals surface area contributed by atoms with E-state index in [9.17, 15) is 4.79 Å². The quantitative estimate of drug-likeness (QED) is 0.792. The van der Waals surface area contributed by atoms with Gasteiger partial charge >= 0.3 is 5.97 Å². The Labute approximate surface area is 151 Å². The summed E-state index contributed by atoms with van der Waals surface area (Å²) in [5.41, 5.74) is 2.16. The van der Waals surface area contributed by atoms with Crippen LogP contribution in [0.4, 0.5) is 0 Å². The highest BCUT2D eigenvalue weighted by Crippen LogP contribution is 2.39. The van der Waals surface area contributed by atoms with E-state index >= 15 is 0 Å². The molecule has 1 saturated heterocycles. The van der Waals surface area contributed by atoms with Gasteiger partial charge in [0.15, 0.2) is 0 Å². The molecule has 0 amide bonds. The monoisotopic (exact) mass is 359 g/mol. The zero-order valence-electron chi connectivity index (χ0n) is 14.0. The average molecular weight is 359 g/mol. The molecule has 0 radical (unpaired) electrons. The number of hydrogen-bond donors (Lipinski definition) is 2. The van der Waals surface area contributed by atoms with Crippen molar-refractivity contribution >= 4 is 17.7 Å². The van der Waals surface area contributed by atoms with Crippen molar-refractivity contribution in [3.05, 3.63) is 59.7 Å². The standard InChI is InChI=1S/C19H21NO4S/c1-23-14-7-8-15(18-20-16(12-25-18)19(21)22)17(11-14)24-10-9-13-5-3-2-4-6-13/h2-8,11,16,18,20H,9-10,12H2,1H3,(H,21,22). The molecule has 0 saturated carbocycles. The van der Waals surface area contributed by atoms with E-state index < -0.39 is 12.0 Å². The summed E-state index contributed by atoms with van der Waals surface area (Å²) in [6.45, 7) is 0.546. The molecule has 132 valence electrons. The van der Waals surface area contributed by atoms with E-state index in [0.717, 1.165) is 23.5 Å². The third-order valence-corrected chi connectivity index (χ3v) is 5.32. The summed E-state index contributed by atoms with van der Waals surface area (Å²) >= 11 is 1.58. The molecule has 2 aromatic rings. The summed E-state index contributed by atoms with van der Waals surface area (Å²) in [5, 5.41) is 12.2. The van der Waals surface area contributed by atoms with E-state index in [1.807, 2.05) is 36.4 Å².